The largest absolute Gasteiger partial charge is 0.419 e. The second-order valence-electron chi connectivity index (χ2n) is 22.7. The van der Waals surface area contributed by atoms with Crippen LogP contribution in [-0.2, 0) is 61.5 Å². The molecular weight excluding hydrogens is 1000 g/mol. The topological polar surface area (TPSA) is 272 Å². The number of esters is 1. The lowest BCUT2D eigenvalue weighted by molar-refractivity contribution is -0.385. The Balaban J connectivity index is 1.51. The molecule has 3 fully saturated rings. The summed E-state index contributed by atoms with van der Waals surface area (Å²) >= 11 is 0. The van der Waals surface area contributed by atoms with Gasteiger partial charge in [-0.25, -0.2) is 0 Å². The van der Waals surface area contributed by atoms with E-state index >= 15 is 9.59 Å². The number of hydrogen-bond acceptors (Lipinski definition) is 13. The van der Waals surface area contributed by atoms with E-state index in [1.54, 1.807) is 26.0 Å². The molecule has 1 aromatic heterocycles. The number of ether oxygens (including phenoxy) is 2. The number of rotatable bonds is 14. The number of ketones is 1. The number of fused-ring (bicyclic) bond motifs is 3. The zero-order valence-electron chi connectivity index (χ0n) is 46.9. The zero-order valence-corrected chi connectivity index (χ0v) is 46.9. The number of hydrogen-bond donors (Lipinski definition) is 4. The number of likely N-dealkylation sites (N-methyl/N-ethyl adjacent to an activating group) is 2. The number of nitro groups is 1. The summed E-state index contributed by atoms with van der Waals surface area (Å²) in [5, 5.41) is 33.5. The van der Waals surface area contributed by atoms with Crippen molar-refractivity contribution in [3.63, 3.8) is 0 Å². The van der Waals surface area contributed by atoms with E-state index in [9.17, 15) is 44.0 Å². The smallest absolute Gasteiger partial charge is 0.311 e. The number of aliphatic hydroxyl groups is 1. The van der Waals surface area contributed by atoms with Crippen LogP contribution in [0.2, 0.25) is 0 Å². The Morgan fingerprint density at radius 2 is 1.47 bits per heavy atom. The summed E-state index contributed by atoms with van der Waals surface area (Å²) in [6, 6.07) is 3.43. The van der Waals surface area contributed by atoms with Crippen molar-refractivity contribution in [2.24, 2.45) is 23.7 Å². The van der Waals surface area contributed by atoms with Gasteiger partial charge in [0.25, 0.3) is 0 Å². The number of aromatic nitrogens is 1. The van der Waals surface area contributed by atoms with Crippen molar-refractivity contribution in [3.05, 3.63) is 82.1 Å². The van der Waals surface area contributed by atoms with E-state index < -0.39 is 124 Å². The quantitative estimate of drug-likeness (QED) is 0.0425. The summed E-state index contributed by atoms with van der Waals surface area (Å²) in [5.41, 5.74) is 0.625. The number of para-hydroxylation sites is 1. The van der Waals surface area contributed by atoms with Crippen LogP contribution in [0.25, 0.3) is 10.9 Å². The van der Waals surface area contributed by atoms with Crippen LogP contribution >= 0.6 is 0 Å². The van der Waals surface area contributed by atoms with Gasteiger partial charge in [0, 0.05) is 68.9 Å². The van der Waals surface area contributed by atoms with Gasteiger partial charge in [-0.2, -0.15) is 0 Å². The van der Waals surface area contributed by atoms with Gasteiger partial charge >= 0.3 is 11.7 Å². The van der Waals surface area contributed by atoms with Crippen molar-refractivity contribution in [1.29, 1.82) is 0 Å². The number of nitro benzene ring substituents is 1. The Labute approximate surface area is 455 Å². The van der Waals surface area contributed by atoms with Gasteiger partial charge in [0.2, 0.25) is 41.2 Å². The number of nitrogens with one attached hydrogen (secondary N) is 3. The van der Waals surface area contributed by atoms with Gasteiger partial charge in [-0.3, -0.25) is 48.5 Å². The molecule has 78 heavy (non-hydrogen) atoms. The van der Waals surface area contributed by atoms with Gasteiger partial charge in [-0.05, 0) is 88.0 Å². The minimum absolute atomic E-state index is 0.00719. The molecule has 21 heteroatoms. The van der Waals surface area contributed by atoms with Crippen LogP contribution in [0.3, 0.4) is 0 Å². The molecule has 10 atom stereocenters. The van der Waals surface area contributed by atoms with Crippen LogP contribution in [0, 0.1) is 33.8 Å². The molecule has 3 saturated heterocycles. The fourth-order valence-corrected chi connectivity index (χ4v) is 10.7. The highest BCUT2D eigenvalue weighted by atomic mass is 16.6. The number of amides is 6. The van der Waals surface area contributed by atoms with Gasteiger partial charge < -0.3 is 49.8 Å². The molecule has 4 heterocycles. The van der Waals surface area contributed by atoms with Crippen LogP contribution < -0.4 is 20.7 Å². The molecule has 6 amide bonds. The van der Waals surface area contributed by atoms with Crippen LogP contribution in [0.1, 0.15) is 112 Å². The number of nitrogens with zero attached hydrogens (tertiary/aromatic N) is 5. The first-order valence-corrected chi connectivity index (χ1v) is 26.9. The van der Waals surface area contributed by atoms with E-state index in [0.29, 0.717) is 12.2 Å². The van der Waals surface area contributed by atoms with E-state index in [2.05, 4.69) is 20.5 Å². The first-order chi connectivity index (χ1) is 36.7. The van der Waals surface area contributed by atoms with E-state index in [4.69, 9.17) is 9.47 Å². The van der Waals surface area contributed by atoms with Crippen LogP contribution in [0.5, 0.6) is 5.75 Å². The Kier molecular flexibility index (Phi) is 19.5. The monoisotopic (exact) mass is 1080 g/mol. The molecule has 2 bridgehead atoms. The SMILES string of the molecule is C/C=C/C[C@@H]1NC(=O)[C@H](CC(C)C)N2C(=O)[C@H](CC(C)[C@H]2O)N(C)C(=O)[C@H](C)CC(=O)[C@H](Cc2ccc(OC(C)=O)c([N+](=O)[O-])c2)NC(=O)[C@H](CC(C)C)N(C)C(=O)[C@H](Cc2cn(C(C)(C)[C@H]3CO3)c3ccccc23)NC1=O. The van der Waals surface area contributed by atoms with Crippen LogP contribution in [-0.4, -0.2) is 146 Å². The lowest BCUT2D eigenvalue weighted by atomic mass is 9.88. The van der Waals surface area contributed by atoms with Crippen molar-refractivity contribution >= 4 is 63.8 Å². The predicted octanol–water partition coefficient (Wildman–Crippen LogP) is 4.73. The summed E-state index contributed by atoms with van der Waals surface area (Å²) in [6.07, 6.45) is 2.95. The lowest BCUT2D eigenvalue weighted by Crippen LogP contribution is -2.66. The highest BCUT2D eigenvalue weighted by molar-refractivity contribution is 5.99. The normalized spacial score (nSPS) is 26.6. The molecule has 3 aliphatic rings. The Morgan fingerprint density at radius 3 is 2.09 bits per heavy atom. The number of allylic oxidation sites excluding steroid dienone is 1. The average Bonchev–Trinajstić information content (AvgIpc) is 4.18. The van der Waals surface area contributed by atoms with Crippen molar-refractivity contribution < 1.29 is 57.9 Å². The summed E-state index contributed by atoms with van der Waals surface area (Å²) in [4.78, 5) is 131. The summed E-state index contributed by atoms with van der Waals surface area (Å²) in [5.74, 6) is -8.30. The van der Waals surface area contributed by atoms with Crippen molar-refractivity contribution in [3.8, 4) is 5.75 Å². The first kappa shape index (κ1) is 60.2. The third kappa shape index (κ3) is 13.8. The lowest BCUT2D eigenvalue weighted by Gasteiger charge is -2.46. The number of aliphatic hydroxyl groups excluding tert-OH is 1. The second-order valence-corrected chi connectivity index (χ2v) is 22.7. The van der Waals surface area contributed by atoms with Crippen LogP contribution in [0.15, 0.2) is 60.8 Å². The van der Waals surface area contributed by atoms with E-state index in [1.165, 1.54) is 43.0 Å². The Bertz CT molecular complexity index is 2800. The minimum atomic E-state index is -1.46. The molecule has 6 rings (SSSR count). The fraction of sp³-hybridized carbons (Fsp3) is 0.579. The number of benzene rings is 2. The average molecular weight is 1080 g/mol. The molecule has 1 unspecified atom stereocenters. The maximum atomic E-state index is 15.5. The molecule has 0 spiro atoms. The summed E-state index contributed by atoms with van der Waals surface area (Å²) in [6.45, 7) is 18.0. The van der Waals surface area contributed by atoms with Gasteiger partial charge in [-0.1, -0.05) is 78.0 Å². The molecule has 3 aliphatic heterocycles. The fourth-order valence-electron chi connectivity index (χ4n) is 10.7. The van der Waals surface area contributed by atoms with E-state index in [-0.39, 0.29) is 67.8 Å². The predicted molar refractivity (Wildman–Crippen MR) is 289 cm³/mol. The maximum Gasteiger partial charge on any atom is 0.311 e. The Morgan fingerprint density at radius 1 is 0.859 bits per heavy atom. The van der Waals surface area contributed by atoms with Crippen LogP contribution in [0.4, 0.5) is 5.69 Å². The molecule has 2 aromatic carbocycles. The molecule has 424 valence electrons. The molecule has 3 aromatic rings. The molecule has 21 nitrogen and oxygen atoms in total. The summed E-state index contributed by atoms with van der Waals surface area (Å²) in [7, 11) is 2.83. The third-order valence-electron chi connectivity index (χ3n) is 15.3. The minimum Gasteiger partial charge on any atom is -0.419 e. The number of Topliss-reactive ketones (excluding diaryl/α,β-unsaturated/α-hetero) is 1. The molecular formula is C57H78N8O13. The summed E-state index contributed by atoms with van der Waals surface area (Å²) < 4.78 is 12.9. The number of epoxide rings is 1. The van der Waals surface area contributed by atoms with E-state index in [1.807, 2.05) is 72.0 Å². The van der Waals surface area contributed by atoms with Crippen molar-refractivity contribution in [2.45, 2.75) is 168 Å². The maximum absolute atomic E-state index is 15.5. The number of carbonyl (C=O) groups is 8. The standard InChI is InChI=1S/C57H78N8O13/c1-13-14-18-39-50(68)60-41(28-37-29-63(57(9,10)49-30-77-49)42-19-16-15-17-38(37)42)55(73)61(11)44(22-31(2)3)51(69)59-40(26-36-20-21-48(78-35(8)66)43(27-36)65(75)76)47(67)25-34(7)53(71)62(12)46-24-33(6)54(72)64(56(46)74)45(23-32(4)5)52(70)58-39/h13-17,19-21,27,29,31-34,39-41,44-46,49,54,72H,18,22-26,28,30H2,1-12H3,(H,58,70)(H,59,69)(H,60,68)/b14-13+/t33?,34-,39+,40+,41+,44+,45+,46+,49-,54-/m1/s1. The molecule has 0 saturated carbocycles. The second kappa shape index (κ2) is 25.2. The molecule has 0 radical (unpaired) electrons. The first-order valence-electron chi connectivity index (χ1n) is 26.9. The zero-order chi connectivity index (χ0) is 57.7. The van der Waals surface area contributed by atoms with Gasteiger partial charge in [-0.15, -0.1) is 0 Å². The van der Waals surface area contributed by atoms with Gasteiger partial charge in [0.1, 0.15) is 42.5 Å². The number of piperidine rings is 1. The highest BCUT2D eigenvalue weighted by Crippen LogP contribution is 2.37. The van der Waals surface area contributed by atoms with Gasteiger partial charge in [0.05, 0.1) is 23.1 Å². The number of carbonyl (C=O) groups excluding carboxylic acids is 8. The highest BCUT2D eigenvalue weighted by Gasteiger charge is 2.48. The Hall–Kier alpha value is -7.00. The van der Waals surface area contributed by atoms with E-state index in [0.717, 1.165) is 28.8 Å². The van der Waals surface area contributed by atoms with Crippen molar-refractivity contribution in [1.82, 2.24) is 35.2 Å². The van der Waals surface area contributed by atoms with Crippen molar-refractivity contribution in [2.75, 3.05) is 20.7 Å². The molecule has 4 N–H and O–H groups in total. The third-order valence-corrected chi connectivity index (χ3v) is 15.3. The molecule has 0 aliphatic carbocycles. The van der Waals surface area contributed by atoms with Gasteiger partial charge in [0.15, 0.2) is 5.78 Å².